The van der Waals surface area contributed by atoms with Crippen molar-refractivity contribution in [3.05, 3.63) is 12.3 Å². The standard InChI is InChI=1S/C12H25N/c1-8-9-13-10(2)12(6,7)11(3,4)5/h13H,2,8-9H2,1,3-7H3. The minimum Gasteiger partial charge on any atom is -0.388 e. The van der Waals surface area contributed by atoms with Crippen molar-refractivity contribution in [1.82, 2.24) is 5.32 Å². The maximum absolute atomic E-state index is 4.12. The second kappa shape index (κ2) is 4.17. The second-order valence-electron chi connectivity index (χ2n) is 5.28. The lowest BCUT2D eigenvalue weighted by molar-refractivity contribution is 0.168. The Kier molecular flexibility index (Phi) is 4.02. The normalized spacial score (nSPS) is 12.8. The van der Waals surface area contributed by atoms with Crippen LogP contribution in [0.25, 0.3) is 0 Å². The van der Waals surface area contributed by atoms with Gasteiger partial charge >= 0.3 is 0 Å². The Labute approximate surface area is 83.6 Å². The van der Waals surface area contributed by atoms with Gasteiger partial charge in [-0.05, 0) is 11.8 Å². The van der Waals surface area contributed by atoms with Crippen molar-refractivity contribution in [2.75, 3.05) is 6.54 Å². The highest BCUT2D eigenvalue weighted by Gasteiger charge is 2.35. The van der Waals surface area contributed by atoms with E-state index in [1.54, 1.807) is 0 Å². The van der Waals surface area contributed by atoms with E-state index < -0.39 is 0 Å². The van der Waals surface area contributed by atoms with Gasteiger partial charge in [0, 0.05) is 17.7 Å². The van der Waals surface area contributed by atoms with Crippen LogP contribution in [0.3, 0.4) is 0 Å². The van der Waals surface area contributed by atoms with Crippen LogP contribution in [0, 0.1) is 10.8 Å². The van der Waals surface area contributed by atoms with Crippen molar-refractivity contribution in [1.29, 1.82) is 0 Å². The minimum atomic E-state index is 0.141. The van der Waals surface area contributed by atoms with E-state index in [2.05, 4.69) is 53.4 Å². The van der Waals surface area contributed by atoms with Gasteiger partial charge in [0.05, 0.1) is 0 Å². The highest BCUT2D eigenvalue weighted by atomic mass is 14.9. The van der Waals surface area contributed by atoms with Crippen LogP contribution < -0.4 is 5.32 Å². The molecule has 0 unspecified atom stereocenters. The Morgan fingerprint density at radius 3 is 1.92 bits per heavy atom. The van der Waals surface area contributed by atoms with Crippen molar-refractivity contribution >= 4 is 0 Å². The molecular weight excluding hydrogens is 158 g/mol. The first-order valence-electron chi connectivity index (χ1n) is 5.16. The molecule has 0 aliphatic carbocycles. The first-order chi connectivity index (χ1) is 5.73. The molecule has 1 N–H and O–H groups in total. The number of hydrogen-bond acceptors (Lipinski definition) is 1. The van der Waals surface area contributed by atoms with E-state index in [4.69, 9.17) is 0 Å². The monoisotopic (exact) mass is 183 g/mol. The van der Waals surface area contributed by atoms with Gasteiger partial charge in [0.25, 0.3) is 0 Å². The summed E-state index contributed by atoms with van der Waals surface area (Å²) in [7, 11) is 0. The van der Waals surface area contributed by atoms with E-state index in [9.17, 15) is 0 Å². The van der Waals surface area contributed by atoms with Gasteiger partial charge in [-0.25, -0.2) is 0 Å². The zero-order valence-electron chi connectivity index (χ0n) is 10.1. The van der Waals surface area contributed by atoms with Gasteiger partial charge in [-0.15, -0.1) is 0 Å². The van der Waals surface area contributed by atoms with E-state index in [1.807, 2.05) is 0 Å². The van der Waals surface area contributed by atoms with Crippen LogP contribution in [0.4, 0.5) is 0 Å². The molecule has 78 valence electrons. The highest BCUT2D eigenvalue weighted by molar-refractivity contribution is 5.09. The summed E-state index contributed by atoms with van der Waals surface area (Å²) in [5.74, 6) is 0. The molecule has 0 aromatic rings. The SMILES string of the molecule is C=C(NCCC)C(C)(C)C(C)(C)C. The average Bonchev–Trinajstić information content (AvgIpc) is 1.97. The molecule has 1 heteroatoms. The quantitative estimate of drug-likeness (QED) is 0.702. The number of rotatable bonds is 4. The molecule has 0 radical (unpaired) electrons. The van der Waals surface area contributed by atoms with Gasteiger partial charge in [0.1, 0.15) is 0 Å². The van der Waals surface area contributed by atoms with Gasteiger partial charge in [-0.1, -0.05) is 48.1 Å². The summed E-state index contributed by atoms with van der Waals surface area (Å²) in [6.45, 7) is 18.6. The van der Waals surface area contributed by atoms with Crippen molar-refractivity contribution in [2.24, 2.45) is 10.8 Å². The third-order valence-corrected chi connectivity index (χ3v) is 3.22. The Bertz CT molecular complexity index is 172. The molecule has 0 atom stereocenters. The maximum atomic E-state index is 4.12. The molecule has 0 aliphatic rings. The van der Waals surface area contributed by atoms with Gasteiger partial charge in [0.2, 0.25) is 0 Å². The number of hydrogen-bond donors (Lipinski definition) is 1. The van der Waals surface area contributed by atoms with Crippen molar-refractivity contribution in [3.63, 3.8) is 0 Å². The van der Waals surface area contributed by atoms with E-state index in [0.717, 1.165) is 18.7 Å². The topological polar surface area (TPSA) is 12.0 Å². The summed E-state index contributed by atoms with van der Waals surface area (Å²) in [6, 6.07) is 0. The van der Waals surface area contributed by atoms with E-state index in [0.29, 0.717) is 0 Å². The van der Waals surface area contributed by atoms with Crippen molar-refractivity contribution in [3.8, 4) is 0 Å². The third kappa shape index (κ3) is 3.06. The van der Waals surface area contributed by atoms with Gasteiger partial charge < -0.3 is 5.32 Å². The fourth-order valence-electron chi connectivity index (χ4n) is 0.950. The summed E-state index contributed by atoms with van der Waals surface area (Å²) < 4.78 is 0. The molecule has 1 nitrogen and oxygen atoms in total. The minimum absolute atomic E-state index is 0.141. The lowest BCUT2D eigenvalue weighted by Crippen LogP contribution is -2.37. The van der Waals surface area contributed by atoms with E-state index in [1.165, 1.54) is 0 Å². The fourth-order valence-corrected chi connectivity index (χ4v) is 0.950. The number of nitrogens with one attached hydrogen (secondary N) is 1. The molecule has 0 aliphatic heterocycles. The molecule has 0 amide bonds. The fraction of sp³-hybridized carbons (Fsp3) is 0.833. The molecule has 0 bridgehead atoms. The van der Waals surface area contributed by atoms with Crippen molar-refractivity contribution < 1.29 is 0 Å². The Balaban J connectivity index is 4.37. The first-order valence-corrected chi connectivity index (χ1v) is 5.16. The third-order valence-electron chi connectivity index (χ3n) is 3.22. The lowest BCUT2D eigenvalue weighted by atomic mass is 9.67. The molecule has 0 saturated carbocycles. The largest absolute Gasteiger partial charge is 0.388 e. The second-order valence-corrected chi connectivity index (χ2v) is 5.28. The molecule has 0 aromatic heterocycles. The molecule has 0 spiro atoms. The van der Waals surface area contributed by atoms with Crippen LogP contribution in [-0.2, 0) is 0 Å². The molecule has 0 rings (SSSR count). The van der Waals surface area contributed by atoms with Crippen LogP contribution in [-0.4, -0.2) is 6.54 Å². The summed E-state index contributed by atoms with van der Waals surface area (Å²) in [6.07, 6.45) is 1.15. The van der Waals surface area contributed by atoms with E-state index in [-0.39, 0.29) is 10.8 Å². The summed E-state index contributed by atoms with van der Waals surface area (Å²) in [5.41, 5.74) is 1.55. The first kappa shape index (κ1) is 12.5. The molecule has 0 aromatic carbocycles. The molecule has 0 saturated heterocycles. The van der Waals surface area contributed by atoms with Crippen LogP contribution in [0.2, 0.25) is 0 Å². The summed E-state index contributed by atoms with van der Waals surface area (Å²) in [5, 5.41) is 3.38. The van der Waals surface area contributed by atoms with Crippen LogP contribution in [0.5, 0.6) is 0 Å². The zero-order chi connectivity index (χ0) is 10.7. The molecule has 0 fully saturated rings. The smallest absolute Gasteiger partial charge is 0.0141 e. The van der Waals surface area contributed by atoms with Gasteiger partial charge in [-0.2, -0.15) is 0 Å². The van der Waals surface area contributed by atoms with E-state index >= 15 is 0 Å². The predicted molar refractivity (Wildman–Crippen MR) is 60.7 cm³/mol. The van der Waals surface area contributed by atoms with Crippen LogP contribution in [0.1, 0.15) is 48.0 Å². The Morgan fingerprint density at radius 1 is 1.15 bits per heavy atom. The predicted octanol–water partition coefficient (Wildman–Crippen LogP) is 3.57. The maximum Gasteiger partial charge on any atom is 0.0141 e. The average molecular weight is 183 g/mol. The lowest BCUT2D eigenvalue weighted by Gasteiger charge is -2.40. The van der Waals surface area contributed by atoms with Gasteiger partial charge in [0.15, 0.2) is 0 Å². The Morgan fingerprint density at radius 2 is 1.62 bits per heavy atom. The van der Waals surface area contributed by atoms with Gasteiger partial charge in [-0.3, -0.25) is 0 Å². The van der Waals surface area contributed by atoms with Crippen LogP contribution >= 0.6 is 0 Å². The highest BCUT2D eigenvalue weighted by Crippen LogP contribution is 2.41. The van der Waals surface area contributed by atoms with Crippen LogP contribution in [0.15, 0.2) is 12.3 Å². The van der Waals surface area contributed by atoms with Crippen molar-refractivity contribution in [2.45, 2.75) is 48.0 Å². The molecule has 0 heterocycles. The molecular formula is C12H25N. The summed E-state index contributed by atoms with van der Waals surface area (Å²) >= 11 is 0. The zero-order valence-corrected chi connectivity index (χ0v) is 10.1. The number of allylic oxidation sites excluding steroid dienone is 1. The Hall–Kier alpha value is -0.460. The summed E-state index contributed by atoms with van der Waals surface area (Å²) in [4.78, 5) is 0. The molecule has 13 heavy (non-hydrogen) atoms.